The molecular formula is C24H35NO3. The van der Waals surface area contributed by atoms with Gasteiger partial charge in [-0.25, -0.2) is 4.79 Å². The molecule has 1 fully saturated rings. The molecule has 0 bridgehead atoms. The molecule has 0 spiro atoms. The molecule has 2 atom stereocenters. The zero-order valence-electron chi connectivity index (χ0n) is 17.6. The Labute approximate surface area is 170 Å². The Morgan fingerprint density at radius 1 is 1.18 bits per heavy atom. The fraction of sp³-hybridized carbons (Fsp3) is 0.625. The van der Waals surface area contributed by atoms with Crippen LogP contribution in [0.25, 0.3) is 0 Å². The standard InChI is InChI=1S/C24H35NO3/c1-4-25(5-2)20(3)14-12-13-19-28-24(23(26)27,21-15-8-6-9-16-21)22-17-10-7-11-18-22/h6,8-9,15-16,20,22H,4-5,7,10-11,14,17-19H2,1-3H3,(H,26,27). The highest BCUT2D eigenvalue weighted by Crippen LogP contribution is 2.42. The van der Waals surface area contributed by atoms with Crippen molar-refractivity contribution in [1.29, 1.82) is 0 Å². The van der Waals surface area contributed by atoms with Crippen molar-refractivity contribution in [3.8, 4) is 11.8 Å². The van der Waals surface area contributed by atoms with Crippen LogP contribution in [0.4, 0.5) is 0 Å². The van der Waals surface area contributed by atoms with Gasteiger partial charge in [0.15, 0.2) is 5.60 Å². The molecule has 0 aliphatic heterocycles. The van der Waals surface area contributed by atoms with Crippen LogP contribution in [0.1, 0.15) is 64.9 Å². The minimum absolute atomic E-state index is 0.0162. The third kappa shape index (κ3) is 5.37. The van der Waals surface area contributed by atoms with Crippen molar-refractivity contribution >= 4 is 5.97 Å². The van der Waals surface area contributed by atoms with E-state index < -0.39 is 11.6 Å². The summed E-state index contributed by atoms with van der Waals surface area (Å²) >= 11 is 0. The lowest BCUT2D eigenvalue weighted by Gasteiger charge is -2.39. The molecule has 0 saturated heterocycles. The maximum Gasteiger partial charge on any atom is 0.341 e. The molecule has 28 heavy (non-hydrogen) atoms. The van der Waals surface area contributed by atoms with Gasteiger partial charge in [0.2, 0.25) is 0 Å². The molecule has 1 N–H and O–H groups in total. The molecule has 2 rings (SSSR count). The quantitative estimate of drug-likeness (QED) is 0.627. The summed E-state index contributed by atoms with van der Waals surface area (Å²) < 4.78 is 6.12. The monoisotopic (exact) mass is 385 g/mol. The number of hydrogen-bond acceptors (Lipinski definition) is 3. The van der Waals surface area contributed by atoms with Crippen LogP contribution in [0.2, 0.25) is 0 Å². The maximum absolute atomic E-state index is 12.5. The summed E-state index contributed by atoms with van der Waals surface area (Å²) in [5, 5.41) is 10.2. The number of hydrogen-bond donors (Lipinski definition) is 1. The number of rotatable bonds is 9. The molecule has 1 aliphatic rings. The van der Waals surface area contributed by atoms with Crippen LogP contribution in [-0.4, -0.2) is 41.7 Å². The Morgan fingerprint density at radius 2 is 1.82 bits per heavy atom. The van der Waals surface area contributed by atoms with Crippen molar-refractivity contribution in [3.05, 3.63) is 35.9 Å². The average molecular weight is 386 g/mol. The van der Waals surface area contributed by atoms with Crippen LogP contribution in [0.15, 0.2) is 30.3 Å². The van der Waals surface area contributed by atoms with E-state index >= 15 is 0 Å². The van der Waals surface area contributed by atoms with Crippen LogP contribution in [0, 0.1) is 17.8 Å². The molecule has 0 amide bonds. The largest absolute Gasteiger partial charge is 0.479 e. The molecule has 154 valence electrons. The molecule has 1 aliphatic carbocycles. The van der Waals surface area contributed by atoms with Gasteiger partial charge in [-0.2, -0.15) is 0 Å². The van der Waals surface area contributed by atoms with Crippen LogP contribution >= 0.6 is 0 Å². The van der Waals surface area contributed by atoms with Crippen LogP contribution in [0.5, 0.6) is 0 Å². The first kappa shape index (κ1) is 22.5. The van der Waals surface area contributed by atoms with Gasteiger partial charge >= 0.3 is 5.97 Å². The molecule has 4 heteroatoms. The highest BCUT2D eigenvalue weighted by Gasteiger charge is 2.48. The van der Waals surface area contributed by atoms with Gasteiger partial charge in [-0.1, -0.05) is 75.3 Å². The highest BCUT2D eigenvalue weighted by atomic mass is 16.5. The number of ether oxygens (including phenoxy) is 1. The van der Waals surface area contributed by atoms with Crippen LogP contribution in [-0.2, 0) is 15.1 Å². The summed E-state index contributed by atoms with van der Waals surface area (Å²) in [6.45, 7) is 8.64. The highest BCUT2D eigenvalue weighted by molar-refractivity contribution is 5.80. The predicted molar refractivity (Wildman–Crippen MR) is 113 cm³/mol. The number of carbonyl (C=O) groups is 1. The smallest absolute Gasteiger partial charge is 0.341 e. The third-order valence-electron chi connectivity index (χ3n) is 6.03. The van der Waals surface area contributed by atoms with E-state index in [-0.39, 0.29) is 12.5 Å². The second-order valence-corrected chi connectivity index (χ2v) is 7.66. The van der Waals surface area contributed by atoms with Gasteiger partial charge in [-0.3, -0.25) is 0 Å². The van der Waals surface area contributed by atoms with E-state index in [9.17, 15) is 9.90 Å². The predicted octanol–water partition coefficient (Wildman–Crippen LogP) is 4.69. The molecule has 0 radical (unpaired) electrons. The Bertz CT molecular complexity index is 653. The summed E-state index contributed by atoms with van der Waals surface area (Å²) in [5.41, 5.74) is -0.575. The topological polar surface area (TPSA) is 49.8 Å². The van der Waals surface area contributed by atoms with Gasteiger partial charge in [0, 0.05) is 18.4 Å². The van der Waals surface area contributed by atoms with Crippen molar-refractivity contribution in [1.82, 2.24) is 4.90 Å². The third-order valence-corrected chi connectivity index (χ3v) is 6.03. The average Bonchev–Trinajstić information content (AvgIpc) is 2.72. The van der Waals surface area contributed by atoms with Crippen molar-refractivity contribution in [3.63, 3.8) is 0 Å². The van der Waals surface area contributed by atoms with E-state index in [1.165, 1.54) is 6.42 Å². The van der Waals surface area contributed by atoms with E-state index in [1.807, 2.05) is 30.3 Å². The maximum atomic E-state index is 12.5. The van der Waals surface area contributed by atoms with E-state index in [0.29, 0.717) is 6.04 Å². The minimum Gasteiger partial charge on any atom is -0.479 e. The fourth-order valence-electron chi connectivity index (χ4n) is 4.39. The summed E-state index contributed by atoms with van der Waals surface area (Å²) in [6, 6.07) is 9.81. The van der Waals surface area contributed by atoms with Crippen molar-refractivity contribution in [2.24, 2.45) is 5.92 Å². The molecule has 0 aromatic heterocycles. The Hall–Kier alpha value is -1.83. The van der Waals surface area contributed by atoms with E-state index in [4.69, 9.17) is 4.74 Å². The molecule has 1 aromatic rings. The van der Waals surface area contributed by atoms with Gasteiger partial charge in [-0.05, 0) is 38.4 Å². The first-order chi connectivity index (χ1) is 13.6. The Balaban J connectivity index is 2.15. The lowest BCUT2D eigenvalue weighted by Crippen LogP contribution is -2.46. The summed E-state index contributed by atoms with van der Waals surface area (Å²) in [4.78, 5) is 14.8. The molecular weight excluding hydrogens is 350 g/mol. The number of carboxylic acids is 1. The second kappa shape index (κ2) is 11.2. The summed E-state index contributed by atoms with van der Waals surface area (Å²) in [6.07, 6.45) is 5.82. The van der Waals surface area contributed by atoms with Gasteiger partial charge < -0.3 is 14.7 Å². The number of benzene rings is 1. The molecule has 1 aromatic carbocycles. The normalized spacial score (nSPS) is 18.1. The fourth-order valence-corrected chi connectivity index (χ4v) is 4.39. The Kier molecular flexibility index (Phi) is 9.02. The SMILES string of the molecule is CCN(CC)C(C)CC#CCOC(C(=O)O)(c1ccccc1)C1CCCCC1. The first-order valence-electron chi connectivity index (χ1n) is 10.7. The van der Waals surface area contributed by atoms with Crippen LogP contribution in [0.3, 0.4) is 0 Å². The molecule has 1 saturated carbocycles. The van der Waals surface area contributed by atoms with Gasteiger partial charge in [0.05, 0.1) is 0 Å². The van der Waals surface area contributed by atoms with Crippen molar-refractivity contribution in [2.75, 3.05) is 19.7 Å². The number of nitrogens with zero attached hydrogens (tertiary/aromatic N) is 1. The first-order valence-corrected chi connectivity index (χ1v) is 10.7. The second-order valence-electron chi connectivity index (χ2n) is 7.66. The van der Waals surface area contributed by atoms with Crippen molar-refractivity contribution in [2.45, 2.75) is 70.9 Å². The van der Waals surface area contributed by atoms with Crippen LogP contribution < -0.4 is 0 Å². The van der Waals surface area contributed by atoms with Gasteiger partial charge in [-0.15, -0.1) is 0 Å². The van der Waals surface area contributed by atoms with E-state index in [1.54, 1.807) is 0 Å². The van der Waals surface area contributed by atoms with Gasteiger partial charge in [0.1, 0.15) is 6.61 Å². The van der Waals surface area contributed by atoms with Crippen molar-refractivity contribution < 1.29 is 14.6 Å². The minimum atomic E-state index is -1.30. The lowest BCUT2D eigenvalue weighted by molar-refractivity contribution is -0.177. The molecule has 2 unspecified atom stereocenters. The van der Waals surface area contributed by atoms with E-state index in [0.717, 1.165) is 50.8 Å². The number of carboxylic acid groups (broad SMARTS) is 1. The molecule has 4 nitrogen and oxygen atoms in total. The summed E-state index contributed by atoms with van der Waals surface area (Å²) in [7, 11) is 0. The number of aliphatic carboxylic acids is 1. The van der Waals surface area contributed by atoms with E-state index in [2.05, 4.69) is 37.5 Å². The summed E-state index contributed by atoms with van der Waals surface area (Å²) in [5.74, 6) is 5.35. The zero-order chi connectivity index (χ0) is 20.4. The zero-order valence-corrected chi connectivity index (χ0v) is 17.6. The molecule has 0 heterocycles. The lowest BCUT2D eigenvalue weighted by atomic mass is 9.73. The Morgan fingerprint density at radius 3 is 2.39 bits per heavy atom. The van der Waals surface area contributed by atoms with Gasteiger partial charge in [0.25, 0.3) is 0 Å².